The lowest BCUT2D eigenvalue weighted by Crippen LogP contribution is -2.29. The van der Waals surface area contributed by atoms with E-state index in [2.05, 4.69) is 4.98 Å². The van der Waals surface area contributed by atoms with Gasteiger partial charge in [0.05, 0.1) is 4.92 Å². The van der Waals surface area contributed by atoms with Crippen molar-refractivity contribution in [3.05, 3.63) is 27.9 Å². The van der Waals surface area contributed by atoms with Gasteiger partial charge >= 0.3 is 0 Å². The third-order valence-corrected chi connectivity index (χ3v) is 3.04. The third-order valence-electron chi connectivity index (χ3n) is 3.04. The van der Waals surface area contributed by atoms with Crippen molar-refractivity contribution in [3.63, 3.8) is 0 Å². The number of rotatable bonds is 2. The Morgan fingerprint density at radius 3 is 2.94 bits per heavy atom. The fourth-order valence-corrected chi connectivity index (χ4v) is 2.07. The average Bonchev–Trinajstić information content (AvgIpc) is 2.74. The minimum atomic E-state index is -0.612. The first kappa shape index (κ1) is 12.3. The summed E-state index contributed by atoms with van der Waals surface area (Å²) in [5.74, 6) is 0.184. The number of hydrogen-bond acceptors (Lipinski definition) is 5. The van der Waals surface area contributed by atoms with Crippen LogP contribution in [0.2, 0.25) is 0 Å². The number of nitrogens with two attached hydrogens (primary N) is 1. The number of hydrogen-bond donors (Lipinski definition) is 1. The first-order valence-electron chi connectivity index (χ1n) is 5.68. The number of carbonyl (C=O) groups excluding carboxylic acids is 1. The number of pyridine rings is 1. The van der Waals surface area contributed by atoms with E-state index in [1.807, 2.05) is 6.92 Å². The van der Waals surface area contributed by atoms with Gasteiger partial charge in [-0.05, 0) is 18.4 Å². The Balaban J connectivity index is 2.34. The smallest absolute Gasteiger partial charge is 0.300 e. The zero-order chi connectivity index (χ0) is 13.3. The lowest BCUT2D eigenvalue weighted by Gasteiger charge is -2.15. The minimum absolute atomic E-state index is 0.0154. The molecule has 1 aliphatic rings. The molecule has 2 N–H and O–H groups in total. The molecule has 1 aromatic rings. The summed E-state index contributed by atoms with van der Waals surface area (Å²) < 4.78 is 0. The summed E-state index contributed by atoms with van der Waals surface area (Å²) >= 11 is 0. The summed E-state index contributed by atoms with van der Waals surface area (Å²) in [6.45, 7) is 3.29. The monoisotopic (exact) mass is 250 g/mol. The van der Waals surface area contributed by atoms with E-state index < -0.39 is 4.92 Å². The van der Waals surface area contributed by atoms with Crippen LogP contribution in [-0.4, -0.2) is 33.8 Å². The average molecular weight is 250 g/mol. The zero-order valence-electron chi connectivity index (χ0n) is 10.00. The van der Waals surface area contributed by atoms with Crippen LogP contribution >= 0.6 is 0 Å². The van der Waals surface area contributed by atoms with Gasteiger partial charge < -0.3 is 10.6 Å². The lowest BCUT2D eigenvalue weighted by molar-refractivity contribution is -0.385. The number of amides is 1. The Bertz CT molecular complexity index is 503. The molecule has 7 heteroatoms. The lowest BCUT2D eigenvalue weighted by atomic mass is 10.2. The van der Waals surface area contributed by atoms with Gasteiger partial charge in [0.2, 0.25) is 0 Å². The van der Waals surface area contributed by atoms with Gasteiger partial charge in [-0.25, -0.2) is 4.98 Å². The second-order valence-electron chi connectivity index (χ2n) is 4.53. The Morgan fingerprint density at radius 1 is 1.67 bits per heavy atom. The highest BCUT2D eigenvalue weighted by Crippen LogP contribution is 2.24. The molecule has 96 valence electrons. The molecule has 1 amide bonds. The molecule has 0 spiro atoms. The molecule has 0 aromatic carbocycles. The van der Waals surface area contributed by atoms with Gasteiger partial charge in [-0.2, -0.15) is 0 Å². The highest BCUT2D eigenvalue weighted by atomic mass is 16.6. The molecular weight excluding hydrogens is 236 g/mol. The van der Waals surface area contributed by atoms with Crippen LogP contribution in [0.1, 0.15) is 23.7 Å². The summed E-state index contributed by atoms with van der Waals surface area (Å²) in [6.07, 6.45) is 1.95. The van der Waals surface area contributed by atoms with Gasteiger partial charge in [-0.15, -0.1) is 0 Å². The summed E-state index contributed by atoms with van der Waals surface area (Å²) in [5, 5.41) is 10.9. The summed E-state index contributed by atoms with van der Waals surface area (Å²) in [7, 11) is 0. The number of carbonyl (C=O) groups is 1. The van der Waals surface area contributed by atoms with Crippen LogP contribution in [0.15, 0.2) is 12.3 Å². The van der Waals surface area contributed by atoms with Gasteiger partial charge in [0, 0.05) is 13.1 Å². The fourth-order valence-electron chi connectivity index (χ4n) is 2.07. The quantitative estimate of drug-likeness (QED) is 0.624. The molecule has 1 saturated heterocycles. The van der Waals surface area contributed by atoms with Gasteiger partial charge in [0.25, 0.3) is 11.6 Å². The van der Waals surface area contributed by atoms with E-state index in [1.165, 1.54) is 6.07 Å². The van der Waals surface area contributed by atoms with Crippen molar-refractivity contribution in [1.82, 2.24) is 9.88 Å². The normalized spacial score (nSPS) is 18.9. The molecule has 1 aromatic heterocycles. The molecule has 2 heterocycles. The first-order valence-corrected chi connectivity index (χ1v) is 5.68. The predicted octanol–water partition coefficient (Wildman–Crippen LogP) is 1.05. The number of anilines is 1. The number of nitro groups is 1. The molecule has 1 fully saturated rings. The molecule has 2 rings (SSSR count). The number of likely N-dealkylation sites (tertiary alicyclic amines) is 1. The number of nitrogen functional groups attached to an aromatic ring is 1. The predicted molar refractivity (Wildman–Crippen MR) is 65.0 cm³/mol. The van der Waals surface area contributed by atoms with Crippen molar-refractivity contribution in [2.24, 2.45) is 5.92 Å². The summed E-state index contributed by atoms with van der Waals surface area (Å²) in [6, 6.07) is 1.27. The largest absolute Gasteiger partial charge is 0.384 e. The van der Waals surface area contributed by atoms with E-state index in [0.717, 1.165) is 12.6 Å². The van der Waals surface area contributed by atoms with Gasteiger partial charge in [0.15, 0.2) is 0 Å². The van der Waals surface area contributed by atoms with Crippen molar-refractivity contribution >= 4 is 17.4 Å². The minimum Gasteiger partial charge on any atom is -0.384 e. The first-order chi connectivity index (χ1) is 8.49. The molecule has 18 heavy (non-hydrogen) atoms. The van der Waals surface area contributed by atoms with Gasteiger partial charge in [0.1, 0.15) is 17.6 Å². The maximum absolute atomic E-state index is 12.2. The highest BCUT2D eigenvalue weighted by molar-refractivity contribution is 5.98. The van der Waals surface area contributed by atoms with Crippen LogP contribution in [-0.2, 0) is 0 Å². The van der Waals surface area contributed by atoms with E-state index in [1.54, 1.807) is 4.90 Å². The van der Waals surface area contributed by atoms with Crippen LogP contribution in [0.25, 0.3) is 0 Å². The zero-order valence-corrected chi connectivity index (χ0v) is 10.00. The molecule has 0 saturated carbocycles. The van der Waals surface area contributed by atoms with Gasteiger partial charge in [-0.1, -0.05) is 6.92 Å². The molecule has 0 aliphatic carbocycles. The van der Waals surface area contributed by atoms with Crippen molar-refractivity contribution in [1.29, 1.82) is 0 Å². The molecule has 1 aliphatic heterocycles. The van der Waals surface area contributed by atoms with Crippen molar-refractivity contribution in [2.45, 2.75) is 13.3 Å². The SMILES string of the molecule is CC1CCN(C(=O)c2cc(N)ncc2[N+](=O)[O-])C1. The van der Waals surface area contributed by atoms with E-state index in [9.17, 15) is 14.9 Å². The molecule has 1 unspecified atom stereocenters. The number of nitrogens with zero attached hydrogens (tertiary/aromatic N) is 3. The molecule has 0 radical (unpaired) electrons. The van der Waals surface area contributed by atoms with Crippen LogP contribution in [0, 0.1) is 16.0 Å². The van der Waals surface area contributed by atoms with Crippen LogP contribution < -0.4 is 5.73 Å². The molecule has 0 bridgehead atoms. The standard InChI is InChI=1S/C11H14N4O3/c1-7-2-3-14(6-7)11(16)8-4-10(12)13-5-9(8)15(17)18/h4-5,7H,2-3,6H2,1H3,(H2,12,13). The second kappa shape index (κ2) is 4.59. The Labute approximate surface area is 104 Å². The summed E-state index contributed by atoms with van der Waals surface area (Å²) in [5.41, 5.74) is 5.20. The topological polar surface area (TPSA) is 102 Å². The molecular formula is C11H14N4O3. The Morgan fingerprint density at radius 2 is 2.39 bits per heavy atom. The third kappa shape index (κ3) is 2.24. The van der Waals surface area contributed by atoms with E-state index in [0.29, 0.717) is 19.0 Å². The second-order valence-corrected chi connectivity index (χ2v) is 4.53. The highest BCUT2D eigenvalue weighted by Gasteiger charge is 2.29. The summed E-state index contributed by atoms with van der Waals surface area (Å²) in [4.78, 5) is 27.7. The Hall–Kier alpha value is -2.18. The van der Waals surface area contributed by atoms with Crippen LogP contribution in [0.4, 0.5) is 11.5 Å². The van der Waals surface area contributed by atoms with Gasteiger partial charge in [-0.3, -0.25) is 14.9 Å². The molecule has 1 atom stereocenters. The van der Waals surface area contributed by atoms with Crippen molar-refractivity contribution < 1.29 is 9.72 Å². The van der Waals surface area contributed by atoms with Crippen molar-refractivity contribution in [2.75, 3.05) is 18.8 Å². The van der Waals surface area contributed by atoms with Crippen molar-refractivity contribution in [3.8, 4) is 0 Å². The fraction of sp³-hybridized carbons (Fsp3) is 0.455. The molecule has 7 nitrogen and oxygen atoms in total. The van der Waals surface area contributed by atoms with E-state index >= 15 is 0 Å². The maximum atomic E-state index is 12.2. The van der Waals surface area contributed by atoms with E-state index in [4.69, 9.17) is 5.73 Å². The van der Waals surface area contributed by atoms with Crippen LogP contribution in [0.5, 0.6) is 0 Å². The maximum Gasteiger partial charge on any atom is 0.300 e. The van der Waals surface area contributed by atoms with E-state index in [-0.39, 0.29) is 23.0 Å². The van der Waals surface area contributed by atoms with Crippen LogP contribution in [0.3, 0.4) is 0 Å². The Kier molecular flexibility index (Phi) is 3.14. The number of aromatic nitrogens is 1.